The van der Waals surface area contributed by atoms with Gasteiger partial charge in [0.05, 0.1) is 0 Å². The van der Waals surface area contributed by atoms with E-state index in [0.717, 1.165) is 76.3 Å². The van der Waals surface area contributed by atoms with Crippen molar-refractivity contribution in [3.8, 4) is 0 Å². The van der Waals surface area contributed by atoms with E-state index in [1.54, 1.807) is 0 Å². The van der Waals surface area contributed by atoms with Crippen molar-refractivity contribution in [1.29, 1.82) is 0 Å². The Morgan fingerprint density at radius 1 is 0.364 bits per heavy atom. The van der Waals surface area contributed by atoms with Gasteiger partial charge in [0.2, 0.25) is 0 Å². The maximum atomic E-state index is 11.7. The van der Waals surface area contributed by atoms with E-state index < -0.39 is 11.7 Å². The first-order valence-electron chi connectivity index (χ1n) is 17.5. The lowest BCUT2D eigenvalue weighted by molar-refractivity contribution is -0.295. The van der Waals surface area contributed by atoms with Crippen molar-refractivity contribution in [2.45, 2.75) is 114 Å². The normalized spacial score (nSPS) is 38.6. The fourth-order valence-electron chi connectivity index (χ4n) is 10.0. The molecule has 10 heteroatoms. The van der Waals surface area contributed by atoms with Crippen LogP contribution in [0.3, 0.4) is 0 Å². The first-order chi connectivity index (χ1) is 21.1. The summed E-state index contributed by atoms with van der Waals surface area (Å²) in [5.41, 5.74) is -0.0638. The van der Waals surface area contributed by atoms with Gasteiger partial charge < -0.3 is 49.4 Å². The Labute approximate surface area is 265 Å². The predicted octanol–water partition coefficient (Wildman–Crippen LogP) is 3.79. The van der Waals surface area contributed by atoms with E-state index in [4.69, 9.17) is 0 Å². The third kappa shape index (κ3) is 3.55. The lowest BCUT2D eigenvalue weighted by atomic mass is 9.95. The summed E-state index contributed by atoms with van der Waals surface area (Å²) in [6, 6.07) is 0. The van der Waals surface area contributed by atoms with E-state index in [0.29, 0.717) is 26.2 Å². The number of aliphatic hydroxyl groups is 2. The first-order valence-corrected chi connectivity index (χ1v) is 17.5. The molecular weight excluding hydrogens is 552 g/mol. The van der Waals surface area contributed by atoms with Gasteiger partial charge >= 0.3 is 0 Å². The summed E-state index contributed by atoms with van der Waals surface area (Å²) in [7, 11) is 0. The summed E-state index contributed by atoms with van der Waals surface area (Å²) in [5, 5.41) is 23.3. The molecule has 244 valence electrons. The van der Waals surface area contributed by atoms with Gasteiger partial charge in [-0.05, 0) is 90.9 Å². The Morgan fingerprint density at radius 3 is 0.773 bits per heavy atom. The van der Waals surface area contributed by atoms with Crippen LogP contribution in [0.25, 0.3) is 0 Å². The maximum absolute atomic E-state index is 11.7. The average molecular weight is 609 g/mol. The largest absolute Gasteiger partial charge is 0.348 e. The Hall–Kier alpha value is -2.72. The monoisotopic (exact) mass is 608 g/mol. The molecule has 44 heavy (non-hydrogen) atoms. The molecule has 8 saturated heterocycles. The minimum Gasteiger partial charge on any atom is -0.348 e. The zero-order chi connectivity index (χ0) is 31.1. The highest BCUT2D eigenvalue weighted by molar-refractivity contribution is 5.32. The van der Waals surface area contributed by atoms with Gasteiger partial charge in [0, 0.05) is 52.4 Å². The van der Waals surface area contributed by atoms with E-state index in [-0.39, 0.29) is 11.3 Å². The third-order valence-electron chi connectivity index (χ3n) is 12.5. The molecule has 0 aromatic rings. The minimum atomic E-state index is -1.48. The van der Waals surface area contributed by atoms with Crippen LogP contribution in [0.1, 0.15) is 90.9 Å². The molecule has 8 fully saturated rings. The van der Waals surface area contributed by atoms with Gasteiger partial charge in [0.1, 0.15) is 23.3 Å². The highest BCUT2D eigenvalue weighted by atomic mass is 16.4. The van der Waals surface area contributed by atoms with Crippen molar-refractivity contribution in [3.05, 3.63) is 49.6 Å². The van der Waals surface area contributed by atoms with Crippen LogP contribution in [-0.4, -0.2) is 125 Å². The highest BCUT2D eigenvalue weighted by Gasteiger charge is 2.75. The van der Waals surface area contributed by atoms with Crippen LogP contribution < -0.4 is 0 Å². The smallest absolute Gasteiger partial charge is 0.293 e. The van der Waals surface area contributed by atoms with E-state index in [9.17, 15) is 10.2 Å². The second-order valence-electron chi connectivity index (χ2n) is 14.4. The van der Waals surface area contributed by atoms with Crippen molar-refractivity contribution in [2.75, 3.05) is 52.4 Å². The van der Waals surface area contributed by atoms with Crippen molar-refractivity contribution in [1.82, 2.24) is 39.2 Å². The van der Waals surface area contributed by atoms with Gasteiger partial charge in [-0.25, -0.2) is 0 Å². The van der Waals surface area contributed by atoms with Gasteiger partial charge in [0.25, 0.3) is 11.7 Å². The summed E-state index contributed by atoms with van der Waals surface area (Å²) < 4.78 is 0. The molecule has 8 bridgehead atoms. The van der Waals surface area contributed by atoms with E-state index in [1.807, 2.05) is 19.6 Å². The summed E-state index contributed by atoms with van der Waals surface area (Å²) in [6.45, 7) is 29.5. The lowest BCUT2D eigenvalue weighted by Gasteiger charge is -2.46. The number of hydrogen-bond donors (Lipinski definition) is 2. The van der Waals surface area contributed by atoms with Crippen molar-refractivity contribution >= 4 is 0 Å². The number of fused-ring (bicyclic) bond motifs is 18. The predicted molar refractivity (Wildman–Crippen MR) is 172 cm³/mol. The topological polar surface area (TPSA) is 66.4 Å². The Morgan fingerprint density at radius 2 is 0.545 bits per heavy atom. The number of hydrogen-bond acceptors (Lipinski definition) is 10. The zero-order valence-corrected chi connectivity index (χ0v) is 27.4. The molecule has 8 aliphatic heterocycles. The molecule has 0 saturated carbocycles. The molecule has 10 nitrogen and oxygen atoms in total. The second kappa shape index (κ2) is 10.4. The molecule has 8 aliphatic rings. The van der Waals surface area contributed by atoms with E-state index in [2.05, 4.69) is 59.8 Å². The van der Waals surface area contributed by atoms with Crippen LogP contribution in [0.2, 0.25) is 0 Å². The molecule has 0 atom stereocenters. The summed E-state index contributed by atoms with van der Waals surface area (Å²) in [4.78, 5) is 17.9. The average Bonchev–Trinajstić information content (AvgIpc) is 3.43. The van der Waals surface area contributed by atoms with Gasteiger partial charge in [0.15, 0.2) is 11.3 Å². The Kier molecular flexibility index (Phi) is 7.09. The summed E-state index contributed by atoms with van der Waals surface area (Å²) in [5.74, 6) is 0.965. The molecule has 0 aliphatic carbocycles. The second-order valence-corrected chi connectivity index (χ2v) is 14.4. The van der Waals surface area contributed by atoms with Gasteiger partial charge in [-0.1, -0.05) is 26.3 Å². The maximum Gasteiger partial charge on any atom is 0.293 e. The molecule has 8 rings (SSSR count). The summed E-state index contributed by atoms with van der Waals surface area (Å²) in [6.07, 6.45) is 14.0. The first kappa shape index (κ1) is 30.0. The van der Waals surface area contributed by atoms with Gasteiger partial charge in [-0.15, -0.1) is 0 Å². The molecule has 0 aromatic heterocycles. The number of rotatable bonds is 0. The highest BCUT2D eigenvalue weighted by Crippen LogP contribution is 2.57. The third-order valence-corrected chi connectivity index (χ3v) is 12.5. The zero-order valence-electron chi connectivity index (χ0n) is 27.4. The quantitative estimate of drug-likeness (QED) is 0.425. The molecule has 0 unspecified atom stereocenters. The van der Waals surface area contributed by atoms with Crippen LogP contribution >= 0.6 is 0 Å². The SMILES string of the molecule is C=C1N2CCCCCN1C1(C)N3CCCCCN(C3=C)C21C.C=C1N2CCCCCN1C1(O)N3CCCCCN(C3=C)C21O. The van der Waals surface area contributed by atoms with Crippen LogP contribution in [0.5, 0.6) is 0 Å². The molecule has 8 heterocycles. The fourth-order valence-corrected chi connectivity index (χ4v) is 10.0. The van der Waals surface area contributed by atoms with Crippen LogP contribution in [0, 0.1) is 0 Å². The van der Waals surface area contributed by atoms with Crippen LogP contribution in [0.4, 0.5) is 0 Å². The molecule has 0 spiro atoms. The standard InChI is InChI=1S/C18H30N4.C16H26N4O2/c1-15-19-11-7-5-8-12-20(15)18(4)17(19,3)21-13-9-6-10-14-22(18)16(21)2;1-13-17-9-5-3-6-10-18(13)16(22)15(17,21)19-11-7-4-8-12-20(16)14(19)2/h1-2,5-14H2,3-4H3;21-22H,1-12H2. The lowest BCUT2D eigenvalue weighted by Crippen LogP contribution is -2.68. The van der Waals surface area contributed by atoms with E-state index in [1.165, 1.54) is 50.2 Å². The molecule has 2 N–H and O–H groups in total. The minimum absolute atomic E-state index is 0.0319. The molecule has 0 aromatic carbocycles. The molecule has 0 amide bonds. The van der Waals surface area contributed by atoms with Gasteiger partial charge in [-0.3, -0.25) is 0 Å². The molecular formula is C34H56N8O2. The molecule has 0 radical (unpaired) electrons. The Bertz CT molecular complexity index is 970. The number of nitrogens with zero attached hydrogens (tertiary/aromatic N) is 8. The fraction of sp³-hybridized carbons (Fsp3) is 0.765. The van der Waals surface area contributed by atoms with Gasteiger partial charge in [-0.2, -0.15) is 0 Å². The Balaban J connectivity index is 0.000000142. The van der Waals surface area contributed by atoms with Crippen molar-refractivity contribution in [2.24, 2.45) is 0 Å². The van der Waals surface area contributed by atoms with Crippen LogP contribution in [0.15, 0.2) is 49.6 Å². The van der Waals surface area contributed by atoms with Crippen molar-refractivity contribution in [3.63, 3.8) is 0 Å². The van der Waals surface area contributed by atoms with E-state index >= 15 is 0 Å². The van der Waals surface area contributed by atoms with Crippen molar-refractivity contribution < 1.29 is 10.2 Å². The van der Waals surface area contributed by atoms with Crippen LogP contribution in [-0.2, 0) is 0 Å². The summed E-state index contributed by atoms with van der Waals surface area (Å²) >= 11 is 0.